The van der Waals surface area contributed by atoms with Crippen LogP contribution in [0.25, 0.3) is 22.2 Å². The van der Waals surface area contributed by atoms with Crippen molar-refractivity contribution < 1.29 is 9.47 Å². The second kappa shape index (κ2) is 7.35. The fourth-order valence-electron chi connectivity index (χ4n) is 2.59. The second-order valence-corrected chi connectivity index (χ2v) is 6.38. The fraction of sp³-hybridized carbons (Fsp3) is 0.176. The smallest absolute Gasteiger partial charge is 0.189 e. The van der Waals surface area contributed by atoms with Crippen LogP contribution in [0.1, 0.15) is 0 Å². The van der Waals surface area contributed by atoms with Crippen LogP contribution < -0.4 is 15.0 Å². The standard InChI is InChI=1S/C17H16ClN5O2S/c1-24-10-5-11(14(18)13(6-10)25-2)12-4-9-7-21-17(26-3)22-16(9)23(8-19)15(12)20/h4-8,19-20H,1-3H3. The molecule has 0 radical (unpaired) electrons. The van der Waals surface area contributed by atoms with E-state index in [1.807, 2.05) is 6.26 Å². The third kappa shape index (κ3) is 3.02. The van der Waals surface area contributed by atoms with Crippen molar-refractivity contribution in [2.45, 2.75) is 5.16 Å². The Morgan fingerprint density at radius 2 is 1.96 bits per heavy atom. The van der Waals surface area contributed by atoms with Gasteiger partial charge in [0.1, 0.15) is 17.0 Å². The van der Waals surface area contributed by atoms with E-state index in [9.17, 15) is 0 Å². The summed E-state index contributed by atoms with van der Waals surface area (Å²) >= 11 is 7.87. The molecule has 0 aliphatic carbocycles. The molecule has 0 spiro atoms. The Balaban J connectivity index is 2.38. The molecular weight excluding hydrogens is 374 g/mol. The maximum absolute atomic E-state index is 8.55. The van der Waals surface area contributed by atoms with Gasteiger partial charge in [0, 0.05) is 28.8 Å². The van der Waals surface area contributed by atoms with Crippen LogP contribution in [0.15, 0.2) is 29.6 Å². The van der Waals surface area contributed by atoms with Crippen LogP contribution in [-0.2, 0) is 0 Å². The molecule has 26 heavy (non-hydrogen) atoms. The number of hydrogen-bond donors (Lipinski definition) is 2. The Kier molecular flexibility index (Phi) is 5.15. The lowest BCUT2D eigenvalue weighted by atomic mass is 10.0. The van der Waals surface area contributed by atoms with Crippen molar-refractivity contribution in [3.05, 3.63) is 34.9 Å². The van der Waals surface area contributed by atoms with E-state index in [1.54, 1.807) is 31.5 Å². The molecule has 0 saturated carbocycles. The summed E-state index contributed by atoms with van der Waals surface area (Å²) in [6, 6.07) is 5.19. The first-order valence-corrected chi connectivity index (χ1v) is 9.07. The lowest BCUT2D eigenvalue weighted by Gasteiger charge is -2.14. The van der Waals surface area contributed by atoms with Crippen LogP contribution >= 0.6 is 23.4 Å². The summed E-state index contributed by atoms with van der Waals surface area (Å²) < 4.78 is 12.0. The molecular formula is C17H16ClN5O2S. The maximum atomic E-state index is 8.55. The molecule has 3 aromatic rings. The van der Waals surface area contributed by atoms with E-state index in [0.29, 0.717) is 43.8 Å². The largest absolute Gasteiger partial charge is 0.497 e. The van der Waals surface area contributed by atoms with Crippen molar-refractivity contribution in [1.82, 2.24) is 14.5 Å². The van der Waals surface area contributed by atoms with Gasteiger partial charge >= 0.3 is 0 Å². The van der Waals surface area contributed by atoms with E-state index in [0.717, 1.165) is 6.34 Å². The number of benzene rings is 1. The first-order valence-electron chi connectivity index (χ1n) is 7.47. The number of fused-ring (bicyclic) bond motifs is 1. The highest BCUT2D eigenvalue weighted by molar-refractivity contribution is 7.98. The number of rotatable bonds is 5. The zero-order chi connectivity index (χ0) is 18.8. The molecule has 9 heteroatoms. The number of ether oxygens (including phenoxy) is 2. The Labute approximate surface area is 159 Å². The monoisotopic (exact) mass is 389 g/mol. The van der Waals surface area contributed by atoms with Gasteiger partial charge in [-0.05, 0) is 18.4 Å². The van der Waals surface area contributed by atoms with Crippen molar-refractivity contribution in [2.75, 3.05) is 20.5 Å². The molecule has 0 amide bonds. The highest BCUT2D eigenvalue weighted by Gasteiger charge is 2.17. The minimum atomic E-state index is 0.0791. The molecule has 0 saturated heterocycles. The minimum absolute atomic E-state index is 0.0791. The Hall–Kier alpha value is -2.58. The van der Waals surface area contributed by atoms with E-state index in [1.165, 1.54) is 23.4 Å². The van der Waals surface area contributed by atoms with Crippen molar-refractivity contribution in [1.29, 1.82) is 10.8 Å². The number of halogens is 1. The van der Waals surface area contributed by atoms with Gasteiger partial charge < -0.3 is 9.47 Å². The number of methoxy groups -OCH3 is 2. The van der Waals surface area contributed by atoms with Gasteiger partial charge in [0.25, 0.3) is 0 Å². The fourth-order valence-corrected chi connectivity index (χ4v) is 3.21. The average Bonchev–Trinajstić information content (AvgIpc) is 2.67. The van der Waals surface area contributed by atoms with Gasteiger partial charge in [-0.15, -0.1) is 0 Å². The normalized spacial score (nSPS) is 10.8. The summed E-state index contributed by atoms with van der Waals surface area (Å²) in [7, 11) is 3.06. The van der Waals surface area contributed by atoms with Gasteiger partial charge in [0.2, 0.25) is 0 Å². The van der Waals surface area contributed by atoms with E-state index >= 15 is 0 Å². The van der Waals surface area contributed by atoms with Crippen LogP contribution in [0, 0.1) is 10.8 Å². The first-order chi connectivity index (χ1) is 12.5. The minimum Gasteiger partial charge on any atom is -0.497 e. The molecule has 1 aromatic carbocycles. The molecule has 0 aliphatic rings. The molecule has 0 atom stereocenters. The molecule has 7 nitrogen and oxygen atoms in total. The van der Waals surface area contributed by atoms with Gasteiger partial charge in [-0.25, -0.2) is 9.97 Å². The van der Waals surface area contributed by atoms with E-state index in [4.69, 9.17) is 31.9 Å². The van der Waals surface area contributed by atoms with Gasteiger partial charge in [-0.2, -0.15) is 0 Å². The zero-order valence-electron chi connectivity index (χ0n) is 14.3. The molecule has 0 aliphatic heterocycles. The van der Waals surface area contributed by atoms with Crippen molar-refractivity contribution in [3.63, 3.8) is 0 Å². The van der Waals surface area contributed by atoms with Crippen molar-refractivity contribution >= 4 is 40.7 Å². The number of hydrogen-bond acceptors (Lipinski definition) is 7. The van der Waals surface area contributed by atoms with E-state index in [2.05, 4.69) is 9.97 Å². The quantitative estimate of drug-likeness (QED) is 0.301. The Morgan fingerprint density at radius 3 is 2.58 bits per heavy atom. The molecule has 3 rings (SSSR count). The van der Waals surface area contributed by atoms with Gasteiger partial charge in [-0.1, -0.05) is 23.4 Å². The van der Waals surface area contributed by atoms with Crippen LogP contribution in [-0.4, -0.2) is 41.3 Å². The SMILES string of the molecule is COc1cc(OC)c(Cl)c(-c2cc3cnc(SC)nc3n(C=N)c2=N)c1. The molecule has 2 heterocycles. The number of pyridine rings is 1. The molecule has 0 unspecified atom stereocenters. The number of nitrogens with one attached hydrogen (secondary N) is 2. The third-order valence-electron chi connectivity index (χ3n) is 3.87. The number of aromatic nitrogens is 3. The van der Waals surface area contributed by atoms with Crippen LogP contribution in [0.3, 0.4) is 0 Å². The molecule has 2 N–H and O–H groups in total. The van der Waals surface area contributed by atoms with Gasteiger partial charge in [0.15, 0.2) is 10.8 Å². The number of thioether (sulfide) groups is 1. The molecule has 0 bridgehead atoms. The Bertz CT molecular complexity index is 1070. The summed E-state index contributed by atoms with van der Waals surface area (Å²) in [5.41, 5.74) is 1.65. The van der Waals surface area contributed by atoms with E-state index < -0.39 is 0 Å². The lowest BCUT2D eigenvalue weighted by molar-refractivity contribution is 0.395. The van der Waals surface area contributed by atoms with Gasteiger partial charge in [0.05, 0.1) is 25.6 Å². The second-order valence-electron chi connectivity index (χ2n) is 5.23. The molecule has 2 aromatic heterocycles. The average molecular weight is 390 g/mol. The molecule has 0 fully saturated rings. The number of nitrogens with zero attached hydrogens (tertiary/aromatic N) is 3. The predicted octanol–water partition coefficient (Wildman–Crippen LogP) is 3.43. The molecule has 134 valence electrons. The highest BCUT2D eigenvalue weighted by Crippen LogP contribution is 2.38. The van der Waals surface area contributed by atoms with Gasteiger partial charge in [-0.3, -0.25) is 15.4 Å². The van der Waals surface area contributed by atoms with Crippen LogP contribution in [0.4, 0.5) is 0 Å². The summed E-state index contributed by atoms with van der Waals surface area (Å²) in [6.45, 7) is 0. The van der Waals surface area contributed by atoms with Crippen molar-refractivity contribution in [2.24, 2.45) is 0 Å². The Morgan fingerprint density at radius 1 is 1.19 bits per heavy atom. The highest BCUT2D eigenvalue weighted by atomic mass is 35.5. The van der Waals surface area contributed by atoms with Crippen LogP contribution in [0.2, 0.25) is 5.02 Å². The topological polar surface area (TPSA) is 96.9 Å². The summed E-state index contributed by atoms with van der Waals surface area (Å²) in [5.74, 6) is 0.993. The summed E-state index contributed by atoms with van der Waals surface area (Å²) in [4.78, 5) is 8.69. The maximum Gasteiger partial charge on any atom is 0.189 e. The third-order valence-corrected chi connectivity index (χ3v) is 4.82. The zero-order valence-corrected chi connectivity index (χ0v) is 15.9. The van der Waals surface area contributed by atoms with E-state index in [-0.39, 0.29) is 5.49 Å². The first kappa shape index (κ1) is 18.2. The van der Waals surface area contributed by atoms with Crippen LogP contribution in [0.5, 0.6) is 11.5 Å². The predicted molar refractivity (Wildman–Crippen MR) is 103 cm³/mol. The summed E-state index contributed by atoms with van der Waals surface area (Å²) in [6.07, 6.45) is 4.59. The van der Waals surface area contributed by atoms with Crippen molar-refractivity contribution in [3.8, 4) is 22.6 Å². The lowest BCUT2D eigenvalue weighted by Crippen LogP contribution is -2.23. The summed E-state index contributed by atoms with van der Waals surface area (Å²) in [5, 5.41) is 17.9.